The van der Waals surface area contributed by atoms with Crippen LogP contribution in [0.1, 0.15) is 26.3 Å². The van der Waals surface area contributed by atoms with Crippen LogP contribution in [-0.2, 0) is 0 Å². The van der Waals surface area contributed by atoms with Crippen LogP contribution >= 0.6 is 15.9 Å². The van der Waals surface area contributed by atoms with E-state index in [-0.39, 0.29) is 22.7 Å². The molecule has 0 aromatic heterocycles. The molecule has 2 aromatic carbocycles. The third-order valence-electron chi connectivity index (χ3n) is 2.79. The van der Waals surface area contributed by atoms with Crippen LogP contribution in [0.3, 0.4) is 0 Å². The van der Waals surface area contributed by atoms with E-state index in [1.165, 1.54) is 18.2 Å². The van der Waals surface area contributed by atoms with E-state index >= 15 is 0 Å². The lowest BCUT2D eigenvalue weighted by Crippen LogP contribution is -2.01. The lowest BCUT2D eigenvalue weighted by atomic mass is 10.1. The predicted molar refractivity (Wildman–Crippen MR) is 82.6 cm³/mol. The topological polar surface area (TPSA) is 74.6 Å². The third-order valence-corrected chi connectivity index (χ3v) is 3.28. The molecule has 0 atom stereocenters. The zero-order chi connectivity index (χ0) is 15.4. The number of halogens is 1. The van der Waals surface area contributed by atoms with Crippen LogP contribution in [-0.4, -0.2) is 22.0 Å². The lowest BCUT2D eigenvalue weighted by Gasteiger charge is -2.02. The van der Waals surface area contributed by atoms with Gasteiger partial charge in [-0.15, -0.1) is 0 Å². The summed E-state index contributed by atoms with van der Waals surface area (Å²) in [6, 6.07) is 11.1. The van der Waals surface area contributed by atoms with E-state index in [2.05, 4.69) is 15.9 Å². The summed E-state index contributed by atoms with van der Waals surface area (Å²) in [5.41, 5.74) is 0.753. The van der Waals surface area contributed by atoms with Gasteiger partial charge in [-0.05, 0) is 42.0 Å². The lowest BCUT2D eigenvalue weighted by molar-refractivity contribution is 0.0693. The summed E-state index contributed by atoms with van der Waals surface area (Å²) < 4.78 is 0.898. The molecular formula is C16H11BrO4. The number of carboxylic acid groups (broad SMARTS) is 1. The number of hydrogen-bond donors (Lipinski definition) is 2. The van der Waals surface area contributed by atoms with Crippen molar-refractivity contribution in [2.75, 3.05) is 0 Å². The standard InChI is InChI=1S/C16H11BrO4/c17-12-3-1-2-10(8-12)4-6-14(18)11-5-7-15(19)13(9-11)16(20)21/h1-9,19H,(H,20,21). The first-order valence-electron chi connectivity index (χ1n) is 6.01. The fraction of sp³-hybridized carbons (Fsp3) is 0. The van der Waals surface area contributed by atoms with Gasteiger partial charge in [0.25, 0.3) is 0 Å². The van der Waals surface area contributed by atoms with Crippen molar-refractivity contribution in [3.63, 3.8) is 0 Å². The maximum Gasteiger partial charge on any atom is 0.339 e. The molecule has 0 saturated heterocycles. The van der Waals surface area contributed by atoms with Crippen LogP contribution in [0.4, 0.5) is 0 Å². The van der Waals surface area contributed by atoms with Gasteiger partial charge in [-0.1, -0.05) is 34.1 Å². The summed E-state index contributed by atoms with van der Waals surface area (Å²) >= 11 is 3.34. The van der Waals surface area contributed by atoms with Gasteiger partial charge >= 0.3 is 5.97 Å². The number of benzene rings is 2. The minimum Gasteiger partial charge on any atom is -0.507 e. The van der Waals surface area contributed by atoms with Crippen LogP contribution in [0.25, 0.3) is 6.08 Å². The van der Waals surface area contributed by atoms with Crippen molar-refractivity contribution in [3.05, 3.63) is 69.7 Å². The number of hydrogen-bond acceptors (Lipinski definition) is 3. The number of ketones is 1. The number of aromatic carboxylic acids is 1. The summed E-state index contributed by atoms with van der Waals surface area (Å²) in [7, 11) is 0. The summed E-state index contributed by atoms with van der Waals surface area (Å²) in [5.74, 6) is -1.98. The molecule has 0 unspecified atom stereocenters. The van der Waals surface area contributed by atoms with Crippen LogP contribution in [0.15, 0.2) is 53.0 Å². The number of carboxylic acids is 1. The van der Waals surface area contributed by atoms with Crippen molar-refractivity contribution in [3.8, 4) is 5.75 Å². The van der Waals surface area contributed by atoms with Crippen LogP contribution < -0.4 is 0 Å². The minimum atomic E-state index is -1.28. The average molecular weight is 347 g/mol. The molecule has 0 amide bonds. The molecule has 2 aromatic rings. The highest BCUT2D eigenvalue weighted by Crippen LogP contribution is 2.19. The Kier molecular flexibility index (Phi) is 4.55. The fourth-order valence-electron chi connectivity index (χ4n) is 1.74. The van der Waals surface area contributed by atoms with E-state index in [4.69, 9.17) is 5.11 Å². The Hall–Kier alpha value is -2.40. The normalized spacial score (nSPS) is 10.7. The number of aromatic hydroxyl groups is 1. The summed E-state index contributed by atoms with van der Waals surface area (Å²) in [5, 5.41) is 18.3. The maximum atomic E-state index is 12.0. The van der Waals surface area contributed by atoms with Gasteiger partial charge in [0.05, 0.1) is 0 Å². The molecule has 0 heterocycles. The molecule has 0 aliphatic carbocycles. The zero-order valence-electron chi connectivity index (χ0n) is 10.8. The van der Waals surface area contributed by atoms with Crippen molar-refractivity contribution in [1.82, 2.24) is 0 Å². The van der Waals surface area contributed by atoms with Crippen molar-refractivity contribution >= 4 is 33.8 Å². The van der Waals surface area contributed by atoms with E-state index in [0.29, 0.717) is 0 Å². The Morgan fingerprint density at radius 1 is 1.10 bits per heavy atom. The molecule has 0 spiro atoms. The predicted octanol–water partition coefficient (Wildman–Crippen LogP) is 3.75. The first-order valence-corrected chi connectivity index (χ1v) is 6.81. The van der Waals surface area contributed by atoms with E-state index in [1.54, 1.807) is 6.08 Å². The quantitative estimate of drug-likeness (QED) is 0.653. The van der Waals surface area contributed by atoms with Gasteiger partial charge in [0.15, 0.2) is 5.78 Å². The van der Waals surface area contributed by atoms with Crippen LogP contribution in [0.5, 0.6) is 5.75 Å². The SMILES string of the molecule is O=C(C=Cc1cccc(Br)c1)c1ccc(O)c(C(=O)O)c1. The second-order valence-corrected chi connectivity index (χ2v) is 5.21. The molecule has 21 heavy (non-hydrogen) atoms. The van der Waals surface area contributed by atoms with Crippen LogP contribution in [0, 0.1) is 0 Å². The number of allylic oxidation sites excluding steroid dienone is 1. The molecule has 0 bridgehead atoms. The van der Waals surface area contributed by atoms with Crippen molar-refractivity contribution < 1.29 is 19.8 Å². The maximum absolute atomic E-state index is 12.0. The number of phenols is 1. The summed E-state index contributed by atoms with van der Waals surface area (Å²) in [4.78, 5) is 22.9. The highest BCUT2D eigenvalue weighted by Gasteiger charge is 2.12. The summed E-state index contributed by atoms with van der Waals surface area (Å²) in [6.07, 6.45) is 3.00. The Morgan fingerprint density at radius 2 is 1.86 bits per heavy atom. The molecule has 106 valence electrons. The second kappa shape index (κ2) is 6.37. The first-order chi connectivity index (χ1) is 9.97. The second-order valence-electron chi connectivity index (χ2n) is 4.29. The van der Waals surface area contributed by atoms with E-state index < -0.39 is 5.97 Å². The fourth-order valence-corrected chi connectivity index (χ4v) is 2.16. The largest absolute Gasteiger partial charge is 0.507 e. The molecule has 0 saturated carbocycles. The van der Waals surface area contributed by atoms with Gasteiger partial charge in [-0.25, -0.2) is 4.79 Å². The highest BCUT2D eigenvalue weighted by molar-refractivity contribution is 9.10. The zero-order valence-corrected chi connectivity index (χ0v) is 12.4. The Bertz CT molecular complexity index is 735. The molecule has 2 N–H and O–H groups in total. The molecule has 4 nitrogen and oxygen atoms in total. The molecule has 0 aliphatic rings. The van der Waals surface area contributed by atoms with E-state index in [9.17, 15) is 14.7 Å². The average Bonchev–Trinajstić information content (AvgIpc) is 2.45. The molecule has 2 rings (SSSR count). The van der Waals surface area contributed by atoms with Crippen LogP contribution in [0.2, 0.25) is 0 Å². The van der Waals surface area contributed by atoms with Gasteiger partial charge in [0.1, 0.15) is 11.3 Å². The molecule has 0 fully saturated rings. The van der Waals surface area contributed by atoms with E-state index in [0.717, 1.165) is 16.1 Å². The van der Waals surface area contributed by atoms with Gasteiger partial charge in [0, 0.05) is 10.0 Å². The number of carbonyl (C=O) groups excluding carboxylic acids is 1. The molecule has 0 aliphatic heterocycles. The van der Waals surface area contributed by atoms with E-state index in [1.807, 2.05) is 24.3 Å². The van der Waals surface area contributed by atoms with Gasteiger partial charge in [-0.2, -0.15) is 0 Å². The number of carbonyl (C=O) groups is 2. The van der Waals surface area contributed by atoms with Gasteiger partial charge in [0.2, 0.25) is 0 Å². The smallest absolute Gasteiger partial charge is 0.339 e. The van der Waals surface area contributed by atoms with Gasteiger partial charge in [-0.3, -0.25) is 4.79 Å². The number of rotatable bonds is 4. The molecule has 5 heteroatoms. The van der Waals surface area contributed by atoms with Gasteiger partial charge < -0.3 is 10.2 Å². The Labute approximate surface area is 129 Å². The Morgan fingerprint density at radius 3 is 2.52 bits per heavy atom. The highest BCUT2D eigenvalue weighted by atomic mass is 79.9. The first kappa shape index (κ1) is 15.0. The monoisotopic (exact) mass is 346 g/mol. The van der Waals surface area contributed by atoms with Crippen molar-refractivity contribution in [2.45, 2.75) is 0 Å². The molecular weight excluding hydrogens is 336 g/mol. The minimum absolute atomic E-state index is 0.205. The third kappa shape index (κ3) is 3.79. The Balaban J connectivity index is 2.25. The molecule has 0 radical (unpaired) electrons. The summed E-state index contributed by atoms with van der Waals surface area (Å²) in [6.45, 7) is 0. The van der Waals surface area contributed by atoms with Crippen molar-refractivity contribution in [1.29, 1.82) is 0 Å². The van der Waals surface area contributed by atoms with Crippen molar-refractivity contribution in [2.24, 2.45) is 0 Å².